The van der Waals surface area contributed by atoms with Gasteiger partial charge in [-0.1, -0.05) is 37.6 Å². The summed E-state index contributed by atoms with van der Waals surface area (Å²) in [5.74, 6) is 0.904. The van der Waals surface area contributed by atoms with E-state index >= 15 is 0 Å². The van der Waals surface area contributed by atoms with Crippen molar-refractivity contribution in [2.75, 3.05) is 29.9 Å². The number of anilines is 2. The topological polar surface area (TPSA) is 41.6 Å². The number of benzene rings is 2. The van der Waals surface area contributed by atoms with Gasteiger partial charge in [0.1, 0.15) is 5.75 Å². The molecule has 150 valence electrons. The minimum atomic E-state index is -0.196. The second-order valence-corrected chi connectivity index (χ2v) is 8.15. The average molecular weight is 401 g/mol. The maximum absolute atomic E-state index is 12.4. The normalized spacial score (nSPS) is 14.2. The maximum atomic E-state index is 12.4. The van der Waals surface area contributed by atoms with E-state index in [1.54, 1.807) is 0 Å². The van der Waals surface area contributed by atoms with Gasteiger partial charge in [-0.3, -0.25) is 4.79 Å². The van der Waals surface area contributed by atoms with Gasteiger partial charge in [-0.05, 0) is 67.5 Å². The molecule has 1 saturated heterocycles. The summed E-state index contributed by atoms with van der Waals surface area (Å²) in [6.45, 7) is 8.28. The fraction of sp³-hybridized carbons (Fsp3) is 0.435. The lowest BCUT2D eigenvalue weighted by molar-refractivity contribution is -0.118. The molecule has 0 saturated carbocycles. The number of piperidine rings is 1. The lowest BCUT2D eigenvalue weighted by Crippen LogP contribution is -2.29. The molecule has 3 rings (SSSR count). The van der Waals surface area contributed by atoms with Crippen molar-refractivity contribution in [1.82, 2.24) is 0 Å². The highest BCUT2D eigenvalue weighted by atomic mass is 35.5. The highest BCUT2D eigenvalue weighted by molar-refractivity contribution is 6.33. The number of carbonyl (C=O) groups is 1. The first-order chi connectivity index (χ1) is 13.4. The minimum Gasteiger partial charge on any atom is -0.483 e. The van der Waals surface area contributed by atoms with Gasteiger partial charge in [0.2, 0.25) is 0 Å². The molecule has 0 spiro atoms. The number of nitrogens with zero attached hydrogens (tertiary/aromatic N) is 1. The monoisotopic (exact) mass is 400 g/mol. The van der Waals surface area contributed by atoms with Crippen molar-refractivity contribution in [2.45, 2.75) is 46.0 Å². The summed E-state index contributed by atoms with van der Waals surface area (Å²) < 4.78 is 5.81. The molecule has 4 nitrogen and oxygen atoms in total. The third-order valence-corrected chi connectivity index (χ3v) is 5.38. The van der Waals surface area contributed by atoms with E-state index in [0.717, 1.165) is 35.7 Å². The molecule has 28 heavy (non-hydrogen) atoms. The zero-order valence-corrected chi connectivity index (χ0v) is 17.7. The van der Waals surface area contributed by atoms with E-state index in [0.29, 0.717) is 16.6 Å². The van der Waals surface area contributed by atoms with Gasteiger partial charge in [0.25, 0.3) is 5.91 Å². The van der Waals surface area contributed by atoms with Gasteiger partial charge in [-0.15, -0.1) is 0 Å². The lowest BCUT2D eigenvalue weighted by Gasteiger charge is -2.29. The number of hydrogen-bond acceptors (Lipinski definition) is 3. The standard InChI is InChI=1S/C23H29ClN2O2/c1-16(2)19-9-7-17(3)13-22(19)28-15-23(27)25-18-8-10-21(20(24)14-18)26-11-5-4-6-12-26/h7-10,13-14,16H,4-6,11-12,15H2,1-3H3,(H,25,27). The molecular weight excluding hydrogens is 372 g/mol. The molecule has 1 amide bonds. The fourth-order valence-corrected chi connectivity index (χ4v) is 3.86. The van der Waals surface area contributed by atoms with Crippen LogP contribution in [0.1, 0.15) is 50.2 Å². The highest BCUT2D eigenvalue weighted by Gasteiger charge is 2.15. The summed E-state index contributed by atoms with van der Waals surface area (Å²) in [6, 6.07) is 11.8. The molecule has 1 heterocycles. The van der Waals surface area contributed by atoms with Crippen molar-refractivity contribution in [3.8, 4) is 5.75 Å². The van der Waals surface area contributed by atoms with Crippen LogP contribution in [0.3, 0.4) is 0 Å². The Morgan fingerprint density at radius 2 is 1.89 bits per heavy atom. The molecule has 0 unspecified atom stereocenters. The molecule has 0 bridgehead atoms. The number of rotatable bonds is 6. The third-order valence-electron chi connectivity index (χ3n) is 5.08. The molecule has 1 fully saturated rings. The Balaban J connectivity index is 1.61. The van der Waals surface area contributed by atoms with Crippen LogP contribution in [0.5, 0.6) is 5.75 Å². The van der Waals surface area contributed by atoms with Crippen molar-refractivity contribution in [1.29, 1.82) is 0 Å². The van der Waals surface area contributed by atoms with Crippen molar-refractivity contribution >= 4 is 28.9 Å². The van der Waals surface area contributed by atoms with Crippen molar-refractivity contribution in [2.24, 2.45) is 0 Å². The van der Waals surface area contributed by atoms with Crippen LogP contribution in [0.25, 0.3) is 0 Å². The zero-order chi connectivity index (χ0) is 20.1. The second kappa shape index (κ2) is 9.33. The molecular formula is C23H29ClN2O2. The van der Waals surface area contributed by atoms with Gasteiger partial charge in [0, 0.05) is 18.8 Å². The molecule has 1 aliphatic rings. The molecule has 0 aromatic heterocycles. The fourth-order valence-electron chi connectivity index (χ4n) is 3.56. The zero-order valence-electron chi connectivity index (χ0n) is 16.9. The van der Waals surface area contributed by atoms with Crippen molar-refractivity contribution in [3.05, 3.63) is 52.5 Å². The van der Waals surface area contributed by atoms with Crippen LogP contribution in [0.4, 0.5) is 11.4 Å². The van der Waals surface area contributed by atoms with Gasteiger partial charge < -0.3 is 15.0 Å². The Bertz CT molecular complexity index is 829. The molecule has 0 aliphatic carbocycles. The van der Waals surface area contributed by atoms with Crippen LogP contribution in [0.2, 0.25) is 5.02 Å². The highest BCUT2D eigenvalue weighted by Crippen LogP contribution is 2.31. The maximum Gasteiger partial charge on any atom is 0.262 e. The number of ether oxygens (including phenoxy) is 1. The molecule has 5 heteroatoms. The first-order valence-electron chi connectivity index (χ1n) is 10.0. The molecule has 0 radical (unpaired) electrons. The van der Waals surface area contributed by atoms with E-state index in [1.165, 1.54) is 19.3 Å². The Morgan fingerprint density at radius 3 is 2.57 bits per heavy atom. The van der Waals surface area contributed by atoms with Gasteiger partial charge in [-0.25, -0.2) is 0 Å². The van der Waals surface area contributed by atoms with Crippen LogP contribution >= 0.6 is 11.6 Å². The number of halogens is 1. The van der Waals surface area contributed by atoms with Crippen LogP contribution in [-0.2, 0) is 4.79 Å². The predicted octanol–water partition coefficient (Wildman–Crippen LogP) is 5.78. The summed E-state index contributed by atoms with van der Waals surface area (Å²) in [4.78, 5) is 14.7. The van der Waals surface area contributed by atoms with E-state index < -0.39 is 0 Å². The third kappa shape index (κ3) is 5.20. The SMILES string of the molecule is Cc1ccc(C(C)C)c(OCC(=O)Nc2ccc(N3CCCCC3)c(Cl)c2)c1. The summed E-state index contributed by atoms with van der Waals surface area (Å²) >= 11 is 6.47. The van der Waals surface area contributed by atoms with E-state index in [1.807, 2.05) is 31.2 Å². The van der Waals surface area contributed by atoms with E-state index in [2.05, 4.69) is 36.2 Å². The lowest BCUT2D eigenvalue weighted by atomic mass is 10.0. The van der Waals surface area contributed by atoms with Gasteiger partial charge in [-0.2, -0.15) is 0 Å². The van der Waals surface area contributed by atoms with Crippen molar-refractivity contribution in [3.63, 3.8) is 0 Å². The van der Waals surface area contributed by atoms with Gasteiger partial charge in [0.15, 0.2) is 6.61 Å². The van der Waals surface area contributed by atoms with E-state index in [9.17, 15) is 4.79 Å². The first kappa shape index (κ1) is 20.5. The van der Waals surface area contributed by atoms with Crippen LogP contribution in [-0.4, -0.2) is 25.6 Å². The smallest absolute Gasteiger partial charge is 0.262 e. The number of hydrogen-bond donors (Lipinski definition) is 1. The predicted molar refractivity (Wildman–Crippen MR) is 117 cm³/mol. The Labute approximate surface area is 172 Å². The summed E-state index contributed by atoms with van der Waals surface area (Å²) in [6.07, 6.45) is 3.68. The van der Waals surface area contributed by atoms with E-state index in [-0.39, 0.29) is 12.5 Å². The Kier molecular flexibility index (Phi) is 6.84. The largest absolute Gasteiger partial charge is 0.483 e. The van der Waals surface area contributed by atoms with Crippen molar-refractivity contribution < 1.29 is 9.53 Å². The van der Waals surface area contributed by atoms with Crippen LogP contribution in [0.15, 0.2) is 36.4 Å². The van der Waals surface area contributed by atoms with Crippen LogP contribution < -0.4 is 15.0 Å². The number of carbonyl (C=O) groups excluding carboxylic acids is 1. The Morgan fingerprint density at radius 1 is 1.14 bits per heavy atom. The van der Waals surface area contributed by atoms with E-state index in [4.69, 9.17) is 16.3 Å². The van der Waals surface area contributed by atoms with Crippen LogP contribution in [0, 0.1) is 6.92 Å². The summed E-state index contributed by atoms with van der Waals surface area (Å²) in [7, 11) is 0. The quantitative estimate of drug-likeness (QED) is 0.668. The minimum absolute atomic E-state index is 0.0331. The summed E-state index contributed by atoms with van der Waals surface area (Å²) in [5, 5.41) is 3.55. The Hall–Kier alpha value is -2.20. The molecule has 1 aliphatic heterocycles. The molecule has 0 atom stereocenters. The van der Waals surface area contributed by atoms with Gasteiger partial charge >= 0.3 is 0 Å². The van der Waals surface area contributed by atoms with Gasteiger partial charge in [0.05, 0.1) is 10.7 Å². The molecule has 1 N–H and O–H groups in total. The molecule has 2 aromatic carbocycles. The first-order valence-corrected chi connectivity index (χ1v) is 10.4. The second-order valence-electron chi connectivity index (χ2n) is 7.75. The number of nitrogens with one attached hydrogen (secondary N) is 1. The number of aryl methyl sites for hydroxylation is 1. The number of amides is 1. The summed E-state index contributed by atoms with van der Waals surface area (Å²) in [5.41, 5.74) is 3.94. The molecule has 2 aromatic rings. The average Bonchev–Trinajstić information content (AvgIpc) is 2.67.